The summed E-state index contributed by atoms with van der Waals surface area (Å²) in [6.45, 7) is 2.44. The van der Waals surface area contributed by atoms with Gasteiger partial charge in [0.1, 0.15) is 0 Å². The van der Waals surface area contributed by atoms with Crippen molar-refractivity contribution in [2.24, 2.45) is 0 Å². The molecule has 0 radical (unpaired) electrons. The number of nitrogens with zero attached hydrogens (tertiary/aromatic N) is 2. The van der Waals surface area contributed by atoms with E-state index in [2.05, 4.69) is 20.6 Å². The van der Waals surface area contributed by atoms with E-state index in [-0.39, 0.29) is 23.1 Å². The molecule has 0 spiro atoms. The number of amides is 1. The molecule has 0 bridgehead atoms. The Balaban J connectivity index is 2.15. The van der Waals surface area contributed by atoms with Crippen LogP contribution in [0, 0.1) is 0 Å². The van der Waals surface area contributed by atoms with Gasteiger partial charge >= 0.3 is 6.18 Å². The van der Waals surface area contributed by atoms with E-state index in [9.17, 15) is 18.0 Å². The Morgan fingerprint density at radius 2 is 1.83 bits per heavy atom. The predicted molar refractivity (Wildman–Crippen MR) is 79.4 cm³/mol. The molecule has 0 unspecified atom stereocenters. The fourth-order valence-electron chi connectivity index (χ4n) is 1.81. The summed E-state index contributed by atoms with van der Waals surface area (Å²) in [7, 11) is 0. The number of para-hydroxylation sites is 1. The van der Waals surface area contributed by atoms with Gasteiger partial charge < -0.3 is 10.6 Å². The summed E-state index contributed by atoms with van der Waals surface area (Å²) >= 11 is 0. The average Bonchev–Trinajstić information content (AvgIpc) is 2.53. The van der Waals surface area contributed by atoms with Crippen LogP contribution in [0.1, 0.15) is 29.3 Å². The lowest BCUT2D eigenvalue weighted by Crippen LogP contribution is -2.24. The first-order valence-corrected chi connectivity index (χ1v) is 6.95. The summed E-state index contributed by atoms with van der Waals surface area (Å²) in [5.74, 6) is -0.345. The van der Waals surface area contributed by atoms with Crippen molar-refractivity contribution in [3.05, 3.63) is 47.8 Å². The summed E-state index contributed by atoms with van der Waals surface area (Å²) < 4.78 is 38.7. The largest absolute Gasteiger partial charge is 0.418 e. The highest BCUT2D eigenvalue weighted by Crippen LogP contribution is 2.35. The highest BCUT2D eigenvalue weighted by molar-refractivity contribution is 5.93. The van der Waals surface area contributed by atoms with Crippen LogP contribution in [0.2, 0.25) is 0 Å². The molecule has 0 saturated carbocycles. The lowest BCUT2D eigenvalue weighted by molar-refractivity contribution is -0.136. The molecule has 0 saturated heterocycles. The molecule has 0 fully saturated rings. The van der Waals surface area contributed by atoms with Crippen molar-refractivity contribution in [2.45, 2.75) is 19.5 Å². The lowest BCUT2D eigenvalue weighted by atomic mass is 10.1. The van der Waals surface area contributed by atoms with Crippen LogP contribution in [0.25, 0.3) is 0 Å². The van der Waals surface area contributed by atoms with Crippen molar-refractivity contribution in [1.29, 1.82) is 0 Å². The van der Waals surface area contributed by atoms with Gasteiger partial charge in [-0.15, -0.1) is 0 Å². The summed E-state index contributed by atoms with van der Waals surface area (Å²) in [6, 6.07) is 5.03. The average molecular weight is 324 g/mol. The van der Waals surface area contributed by atoms with Gasteiger partial charge in [0.05, 0.1) is 16.8 Å². The maximum Gasteiger partial charge on any atom is 0.418 e. The van der Waals surface area contributed by atoms with Gasteiger partial charge in [0.25, 0.3) is 5.91 Å². The van der Waals surface area contributed by atoms with Crippen LogP contribution < -0.4 is 10.6 Å². The maximum absolute atomic E-state index is 12.9. The third-order valence-corrected chi connectivity index (χ3v) is 2.93. The summed E-state index contributed by atoms with van der Waals surface area (Å²) in [6.07, 6.45) is -1.17. The Kier molecular flexibility index (Phi) is 5.15. The number of alkyl halides is 3. The highest BCUT2D eigenvalue weighted by atomic mass is 19.4. The fourth-order valence-corrected chi connectivity index (χ4v) is 1.81. The third kappa shape index (κ3) is 4.41. The maximum atomic E-state index is 12.9. The molecule has 23 heavy (non-hydrogen) atoms. The standard InChI is InChI=1S/C15H15F3N4O/c1-2-7-19-13(23)10-8-20-14(21-9-10)22-12-6-4-3-5-11(12)15(16,17)18/h3-6,8-9H,2,7H2,1H3,(H,19,23)(H,20,21,22). The molecule has 8 heteroatoms. The third-order valence-electron chi connectivity index (χ3n) is 2.93. The highest BCUT2D eigenvalue weighted by Gasteiger charge is 2.33. The minimum atomic E-state index is -4.48. The molecule has 122 valence electrons. The molecule has 0 aliphatic carbocycles. The molecule has 1 aromatic carbocycles. The van der Waals surface area contributed by atoms with E-state index in [1.54, 1.807) is 0 Å². The van der Waals surface area contributed by atoms with Crippen molar-refractivity contribution >= 4 is 17.5 Å². The van der Waals surface area contributed by atoms with E-state index in [0.29, 0.717) is 6.54 Å². The van der Waals surface area contributed by atoms with Crippen molar-refractivity contribution in [2.75, 3.05) is 11.9 Å². The van der Waals surface area contributed by atoms with E-state index in [4.69, 9.17) is 0 Å². The predicted octanol–water partition coefficient (Wildman–Crippen LogP) is 3.38. The number of hydrogen-bond donors (Lipinski definition) is 2. The van der Waals surface area contributed by atoms with E-state index in [1.165, 1.54) is 30.6 Å². The number of carbonyl (C=O) groups is 1. The fraction of sp³-hybridized carbons (Fsp3) is 0.267. The molecule has 5 nitrogen and oxygen atoms in total. The molecule has 0 atom stereocenters. The SMILES string of the molecule is CCCNC(=O)c1cnc(Nc2ccccc2C(F)(F)F)nc1. The molecular formula is C15H15F3N4O. The van der Waals surface area contributed by atoms with Gasteiger partial charge in [0.15, 0.2) is 0 Å². The van der Waals surface area contributed by atoms with E-state index in [1.807, 2.05) is 6.92 Å². The zero-order valence-electron chi connectivity index (χ0n) is 12.3. The molecule has 2 N–H and O–H groups in total. The molecule has 1 aromatic heterocycles. The molecule has 2 rings (SSSR count). The Hall–Kier alpha value is -2.64. The van der Waals surface area contributed by atoms with Gasteiger partial charge in [-0.05, 0) is 18.6 Å². The quantitative estimate of drug-likeness (QED) is 0.885. The number of anilines is 2. The number of nitrogens with one attached hydrogen (secondary N) is 2. The van der Waals surface area contributed by atoms with Gasteiger partial charge in [-0.3, -0.25) is 4.79 Å². The van der Waals surface area contributed by atoms with Crippen LogP contribution in [-0.4, -0.2) is 22.4 Å². The van der Waals surface area contributed by atoms with Crippen LogP contribution in [0.5, 0.6) is 0 Å². The number of halogens is 3. The second-order valence-electron chi connectivity index (χ2n) is 4.72. The summed E-state index contributed by atoms with van der Waals surface area (Å²) in [4.78, 5) is 19.5. The summed E-state index contributed by atoms with van der Waals surface area (Å²) in [5.41, 5.74) is -0.718. The smallest absolute Gasteiger partial charge is 0.352 e. The van der Waals surface area contributed by atoms with Gasteiger partial charge in [-0.25, -0.2) is 9.97 Å². The molecular weight excluding hydrogens is 309 g/mol. The Morgan fingerprint density at radius 3 is 2.43 bits per heavy atom. The van der Waals surface area contributed by atoms with E-state index in [0.717, 1.165) is 12.5 Å². The molecule has 2 aromatic rings. The normalized spacial score (nSPS) is 11.1. The monoisotopic (exact) mass is 324 g/mol. The van der Waals surface area contributed by atoms with Crippen LogP contribution >= 0.6 is 0 Å². The molecule has 1 amide bonds. The molecule has 0 aliphatic heterocycles. The summed E-state index contributed by atoms with van der Waals surface area (Å²) in [5, 5.41) is 5.17. The van der Waals surface area contributed by atoms with Crippen molar-refractivity contribution < 1.29 is 18.0 Å². The van der Waals surface area contributed by atoms with Crippen LogP contribution in [-0.2, 0) is 6.18 Å². The number of hydrogen-bond acceptors (Lipinski definition) is 4. The van der Waals surface area contributed by atoms with Crippen molar-refractivity contribution in [3.63, 3.8) is 0 Å². The first kappa shape index (κ1) is 16.7. The van der Waals surface area contributed by atoms with Crippen LogP contribution in [0.15, 0.2) is 36.7 Å². The van der Waals surface area contributed by atoms with Crippen LogP contribution in [0.3, 0.4) is 0 Å². The van der Waals surface area contributed by atoms with Crippen LogP contribution in [0.4, 0.5) is 24.8 Å². The lowest BCUT2D eigenvalue weighted by Gasteiger charge is -2.13. The number of rotatable bonds is 5. The molecule has 1 heterocycles. The van der Waals surface area contributed by atoms with Crippen molar-refractivity contribution in [1.82, 2.24) is 15.3 Å². The van der Waals surface area contributed by atoms with Crippen molar-refractivity contribution in [3.8, 4) is 0 Å². The zero-order valence-corrected chi connectivity index (χ0v) is 12.3. The first-order valence-electron chi connectivity index (χ1n) is 6.95. The number of benzene rings is 1. The van der Waals surface area contributed by atoms with Gasteiger partial charge in [0, 0.05) is 18.9 Å². The van der Waals surface area contributed by atoms with E-state index < -0.39 is 11.7 Å². The Morgan fingerprint density at radius 1 is 1.17 bits per heavy atom. The topological polar surface area (TPSA) is 66.9 Å². The number of carbonyl (C=O) groups excluding carboxylic acids is 1. The van der Waals surface area contributed by atoms with E-state index >= 15 is 0 Å². The van der Waals surface area contributed by atoms with Gasteiger partial charge in [-0.1, -0.05) is 19.1 Å². The number of aromatic nitrogens is 2. The zero-order chi connectivity index (χ0) is 16.9. The first-order chi connectivity index (χ1) is 10.9. The Labute approximate surface area is 131 Å². The Bertz CT molecular complexity index is 671. The van der Waals surface area contributed by atoms with Gasteiger partial charge in [-0.2, -0.15) is 13.2 Å². The van der Waals surface area contributed by atoms with Gasteiger partial charge in [0.2, 0.25) is 5.95 Å². The molecule has 0 aliphatic rings. The minimum Gasteiger partial charge on any atom is -0.352 e. The minimum absolute atomic E-state index is 0.0197. The second kappa shape index (κ2) is 7.08. The second-order valence-corrected chi connectivity index (χ2v) is 4.72.